The van der Waals surface area contributed by atoms with Crippen LogP contribution in [0.1, 0.15) is 18.0 Å². The Kier molecular flexibility index (Phi) is 3.18. The maximum absolute atomic E-state index is 13.6. The Balaban J connectivity index is 2.42. The molecule has 2 N–H and O–H groups in total. The van der Waals surface area contributed by atoms with Crippen molar-refractivity contribution in [2.75, 3.05) is 0 Å². The largest absolute Gasteiger partial charge is 0.322 e. The van der Waals surface area contributed by atoms with Crippen LogP contribution in [0.25, 0.3) is 10.6 Å². The molecule has 0 aliphatic rings. The number of nitrogens with zero attached hydrogens (tertiary/aromatic N) is 2. The predicted molar refractivity (Wildman–Crippen MR) is 62.9 cm³/mol. The van der Waals surface area contributed by atoms with Crippen molar-refractivity contribution < 1.29 is 4.39 Å². The first-order valence-corrected chi connectivity index (χ1v) is 5.82. The van der Waals surface area contributed by atoms with Crippen molar-refractivity contribution in [2.24, 2.45) is 5.73 Å². The molecule has 0 aliphatic carbocycles. The predicted octanol–water partition coefficient (Wildman–Crippen LogP) is 3.02. The first kappa shape index (κ1) is 11.4. The first-order chi connectivity index (χ1) is 7.58. The van der Waals surface area contributed by atoms with E-state index in [1.54, 1.807) is 12.1 Å². The molecule has 1 heterocycles. The van der Waals surface area contributed by atoms with Crippen LogP contribution < -0.4 is 5.73 Å². The molecule has 1 atom stereocenters. The highest BCUT2D eigenvalue weighted by Gasteiger charge is 2.13. The molecule has 2 rings (SSSR count). The van der Waals surface area contributed by atoms with E-state index in [1.165, 1.54) is 17.4 Å². The number of hydrogen-bond acceptors (Lipinski definition) is 4. The van der Waals surface area contributed by atoms with Gasteiger partial charge in [-0.3, -0.25) is 0 Å². The van der Waals surface area contributed by atoms with E-state index in [0.29, 0.717) is 20.6 Å². The lowest BCUT2D eigenvalue weighted by Crippen LogP contribution is -2.03. The number of nitrogens with two attached hydrogens (primary N) is 1. The van der Waals surface area contributed by atoms with Crippen molar-refractivity contribution in [3.63, 3.8) is 0 Å². The summed E-state index contributed by atoms with van der Waals surface area (Å²) in [6.45, 7) is 1.81. The van der Waals surface area contributed by atoms with Crippen LogP contribution in [0.2, 0.25) is 5.02 Å². The van der Waals surface area contributed by atoms with Crippen LogP contribution in [-0.4, -0.2) is 10.2 Å². The molecule has 1 aromatic carbocycles. The van der Waals surface area contributed by atoms with E-state index in [9.17, 15) is 4.39 Å². The van der Waals surface area contributed by atoms with Crippen molar-refractivity contribution in [1.82, 2.24) is 10.2 Å². The van der Waals surface area contributed by atoms with E-state index in [-0.39, 0.29) is 6.04 Å². The maximum atomic E-state index is 13.6. The summed E-state index contributed by atoms with van der Waals surface area (Å²) in [5.41, 5.74) is 6.06. The molecule has 0 fully saturated rings. The minimum absolute atomic E-state index is 0.193. The van der Waals surface area contributed by atoms with Gasteiger partial charge in [0.2, 0.25) is 0 Å². The molecule has 1 unspecified atom stereocenters. The van der Waals surface area contributed by atoms with Gasteiger partial charge in [0.1, 0.15) is 10.8 Å². The third kappa shape index (κ3) is 2.21. The monoisotopic (exact) mass is 257 g/mol. The molecule has 3 nitrogen and oxygen atoms in total. The fraction of sp³-hybridized carbons (Fsp3) is 0.200. The van der Waals surface area contributed by atoms with Crippen molar-refractivity contribution in [3.8, 4) is 10.6 Å². The zero-order valence-corrected chi connectivity index (χ0v) is 10.0. The second-order valence-corrected chi connectivity index (χ2v) is 4.80. The van der Waals surface area contributed by atoms with Crippen LogP contribution in [0.4, 0.5) is 4.39 Å². The molecule has 0 bridgehead atoms. The summed E-state index contributed by atoms with van der Waals surface area (Å²) in [5.74, 6) is -0.403. The van der Waals surface area contributed by atoms with Crippen LogP contribution in [-0.2, 0) is 0 Å². The average molecular weight is 258 g/mol. The van der Waals surface area contributed by atoms with E-state index in [4.69, 9.17) is 17.3 Å². The molecule has 84 valence electrons. The van der Waals surface area contributed by atoms with Gasteiger partial charge in [-0.05, 0) is 25.1 Å². The molecule has 0 saturated carbocycles. The Morgan fingerprint density at radius 1 is 1.44 bits per heavy atom. The lowest BCUT2D eigenvalue weighted by molar-refractivity contribution is 0.631. The van der Waals surface area contributed by atoms with Gasteiger partial charge in [0.05, 0.1) is 6.04 Å². The smallest absolute Gasteiger partial charge is 0.150 e. The van der Waals surface area contributed by atoms with E-state index in [0.717, 1.165) is 0 Å². The highest BCUT2D eigenvalue weighted by atomic mass is 35.5. The molecular formula is C10H9ClFN3S. The summed E-state index contributed by atoms with van der Waals surface area (Å²) in [6.07, 6.45) is 0. The molecule has 0 radical (unpaired) electrons. The standard InChI is InChI=1S/C10H9ClFN3S/c1-5(13)9-14-15-10(16-9)7-3-2-6(11)4-8(7)12/h2-5H,13H2,1H3. The molecule has 0 spiro atoms. The van der Waals surface area contributed by atoms with Gasteiger partial charge in [0.25, 0.3) is 0 Å². The Morgan fingerprint density at radius 3 is 2.75 bits per heavy atom. The molecule has 0 saturated heterocycles. The van der Waals surface area contributed by atoms with Crippen LogP contribution in [0.5, 0.6) is 0 Å². The summed E-state index contributed by atoms with van der Waals surface area (Å²) in [5, 5.41) is 9.36. The number of aromatic nitrogens is 2. The third-order valence-corrected chi connectivity index (χ3v) is 3.38. The third-order valence-electron chi connectivity index (χ3n) is 1.99. The van der Waals surface area contributed by atoms with Gasteiger partial charge in [-0.1, -0.05) is 22.9 Å². The molecule has 2 aromatic rings. The summed E-state index contributed by atoms with van der Waals surface area (Å²) in [6, 6.07) is 4.27. The fourth-order valence-electron chi connectivity index (χ4n) is 1.19. The molecule has 6 heteroatoms. The lowest BCUT2D eigenvalue weighted by atomic mass is 10.2. The van der Waals surface area contributed by atoms with Crippen molar-refractivity contribution in [1.29, 1.82) is 0 Å². The highest BCUT2D eigenvalue weighted by Crippen LogP contribution is 2.29. The second-order valence-electron chi connectivity index (χ2n) is 3.36. The van der Waals surface area contributed by atoms with Crippen LogP contribution in [0.3, 0.4) is 0 Å². The quantitative estimate of drug-likeness (QED) is 0.900. The second kappa shape index (κ2) is 4.45. The van der Waals surface area contributed by atoms with Gasteiger partial charge >= 0.3 is 0 Å². The summed E-state index contributed by atoms with van der Waals surface area (Å²) in [7, 11) is 0. The summed E-state index contributed by atoms with van der Waals surface area (Å²) < 4.78 is 13.6. The number of rotatable bonds is 2. The Hall–Kier alpha value is -1.04. The lowest BCUT2D eigenvalue weighted by Gasteiger charge is -1.98. The maximum Gasteiger partial charge on any atom is 0.150 e. The summed E-state index contributed by atoms with van der Waals surface area (Å²) in [4.78, 5) is 0. The SMILES string of the molecule is CC(N)c1nnc(-c2ccc(Cl)cc2F)s1. The summed E-state index contributed by atoms with van der Waals surface area (Å²) >= 11 is 6.95. The van der Waals surface area contributed by atoms with E-state index in [1.807, 2.05) is 6.92 Å². The Morgan fingerprint density at radius 2 is 2.19 bits per heavy atom. The molecular weight excluding hydrogens is 249 g/mol. The van der Waals surface area contributed by atoms with Crippen LogP contribution in [0.15, 0.2) is 18.2 Å². The number of halogens is 2. The van der Waals surface area contributed by atoms with Gasteiger partial charge in [0.15, 0.2) is 5.01 Å². The van der Waals surface area contributed by atoms with E-state index >= 15 is 0 Å². The highest BCUT2D eigenvalue weighted by molar-refractivity contribution is 7.14. The molecule has 0 aliphatic heterocycles. The minimum Gasteiger partial charge on any atom is -0.322 e. The van der Waals surface area contributed by atoms with E-state index < -0.39 is 5.82 Å². The van der Waals surface area contributed by atoms with Gasteiger partial charge < -0.3 is 5.73 Å². The van der Waals surface area contributed by atoms with Crippen LogP contribution >= 0.6 is 22.9 Å². The molecule has 1 aromatic heterocycles. The topological polar surface area (TPSA) is 51.8 Å². The van der Waals surface area contributed by atoms with E-state index in [2.05, 4.69) is 10.2 Å². The van der Waals surface area contributed by atoms with Crippen LogP contribution in [0, 0.1) is 5.82 Å². The normalized spacial score (nSPS) is 12.8. The van der Waals surface area contributed by atoms with Crippen molar-refractivity contribution in [3.05, 3.63) is 34.0 Å². The Bertz CT molecular complexity index is 513. The number of benzene rings is 1. The van der Waals surface area contributed by atoms with Gasteiger partial charge in [-0.15, -0.1) is 10.2 Å². The van der Waals surface area contributed by atoms with Gasteiger partial charge in [-0.2, -0.15) is 0 Å². The molecule has 0 amide bonds. The minimum atomic E-state index is -0.403. The van der Waals surface area contributed by atoms with Crippen molar-refractivity contribution in [2.45, 2.75) is 13.0 Å². The van der Waals surface area contributed by atoms with Gasteiger partial charge in [-0.25, -0.2) is 4.39 Å². The zero-order valence-electron chi connectivity index (χ0n) is 8.45. The average Bonchev–Trinajstić information content (AvgIpc) is 2.66. The number of hydrogen-bond donors (Lipinski definition) is 1. The fourth-order valence-corrected chi connectivity index (χ4v) is 2.17. The first-order valence-electron chi connectivity index (χ1n) is 4.62. The molecule has 16 heavy (non-hydrogen) atoms. The zero-order chi connectivity index (χ0) is 11.7. The Labute approximate surface area is 101 Å². The van der Waals surface area contributed by atoms with Crippen molar-refractivity contribution >= 4 is 22.9 Å². The van der Waals surface area contributed by atoms with Gasteiger partial charge in [0, 0.05) is 10.6 Å².